The average Bonchev–Trinajstić information content (AvgIpc) is 3.22. The number of hydrogen-bond donors (Lipinski definition) is 1. The molecule has 1 aromatic heterocycles. The molecule has 138 valence electrons. The van der Waals surface area contributed by atoms with E-state index in [9.17, 15) is 4.79 Å². The fraction of sp³-hybridized carbons (Fsp3) is 0.526. The Labute approximate surface area is 153 Å². The molecule has 7 heteroatoms. The van der Waals surface area contributed by atoms with Crippen LogP contribution in [-0.2, 0) is 4.74 Å². The molecule has 26 heavy (non-hydrogen) atoms. The molecule has 1 aromatic carbocycles. The molecule has 7 nitrogen and oxygen atoms in total. The smallest absolute Gasteiger partial charge is 0.251 e. The van der Waals surface area contributed by atoms with E-state index in [-0.39, 0.29) is 5.91 Å². The number of carbonyl (C=O) groups is 1. The van der Waals surface area contributed by atoms with Gasteiger partial charge in [0.15, 0.2) is 0 Å². The van der Waals surface area contributed by atoms with E-state index in [0.29, 0.717) is 12.1 Å². The zero-order valence-electron chi connectivity index (χ0n) is 15.0. The lowest BCUT2D eigenvalue weighted by molar-refractivity contribution is 0.0383. The first kappa shape index (κ1) is 17.2. The Kier molecular flexibility index (Phi) is 5.26. The zero-order chi connectivity index (χ0) is 17.8. The second kappa shape index (κ2) is 7.97. The van der Waals surface area contributed by atoms with E-state index in [2.05, 4.69) is 25.1 Å². The Hall–Kier alpha value is -2.25. The highest BCUT2D eigenvalue weighted by Crippen LogP contribution is 2.26. The van der Waals surface area contributed by atoms with E-state index in [1.54, 1.807) is 6.33 Å². The third-order valence-electron chi connectivity index (χ3n) is 5.10. The standard InChI is InChI=1S/C19H25N5O2/c25-19(20-5-8-23-9-11-26-12-10-23)15-3-4-17-16(13-15)18(22-14-21-17)24-6-1-2-7-24/h3-4,13-14H,1-2,5-12H2,(H,20,25). The van der Waals surface area contributed by atoms with Crippen molar-refractivity contribution < 1.29 is 9.53 Å². The monoisotopic (exact) mass is 355 g/mol. The molecule has 2 saturated heterocycles. The quantitative estimate of drug-likeness (QED) is 0.872. The van der Waals surface area contributed by atoms with Gasteiger partial charge in [-0.1, -0.05) is 0 Å². The second-order valence-electron chi connectivity index (χ2n) is 6.83. The van der Waals surface area contributed by atoms with Crippen LogP contribution in [0.2, 0.25) is 0 Å². The summed E-state index contributed by atoms with van der Waals surface area (Å²) in [6, 6.07) is 5.67. The molecule has 0 radical (unpaired) electrons. The van der Waals surface area contributed by atoms with Gasteiger partial charge in [0.25, 0.3) is 5.91 Å². The number of carbonyl (C=O) groups excluding carboxylic acids is 1. The number of fused-ring (bicyclic) bond motifs is 1. The van der Waals surface area contributed by atoms with Gasteiger partial charge in [0.1, 0.15) is 12.1 Å². The fourth-order valence-corrected chi connectivity index (χ4v) is 3.62. The predicted octanol–water partition coefficient (Wildman–Crippen LogP) is 1.29. The molecule has 2 aliphatic heterocycles. The first-order chi connectivity index (χ1) is 12.8. The highest BCUT2D eigenvalue weighted by Gasteiger charge is 2.18. The van der Waals surface area contributed by atoms with Gasteiger partial charge in [-0.2, -0.15) is 0 Å². The van der Waals surface area contributed by atoms with Crippen LogP contribution in [-0.4, -0.2) is 73.3 Å². The van der Waals surface area contributed by atoms with E-state index in [0.717, 1.165) is 62.7 Å². The Morgan fingerprint density at radius 2 is 1.92 bits per heavy atom. The van der Waals surface area contributed by atoms with Gasteiger partial charge in [-0.3, -0.25) is 9.69 Å². The maximum absolute atomic E-state index is 12.6. The normalized spacial score (nSPS) is 18.4. The molecule has 1 amide bonds. The molecule has 1 N–H and O–H groups in total. The van der Waals surface area contributed by atoms with E-state index in [1.807, 2.05) is 18.2 Å². The molecule has 4 rings (SSSR count). The number of nitrogens with zero attached hydrogens (tertiary/aromatic N) is 4. The summed E-state index contributed by atoms with van der Waals surface area (Å²) < 4.78 is 5.35. The Morgan fingerprint density at radius 1 is 1.12 bits per heavy atom. The van der Waals surface area contributed by atoms with E-state index in [1.165, 1.54) is 12.8 Å². The molecule has 2 fully saturated rings. The molecular formula is C19H25N5O2. The van der Waals surface area contributed by atoms with Crippen LogP contribution in [0.3, 0.4) is 0 Å². The van der Waals surface area contributed by atoms with Crippen LogP contribution in [0.1, 0.15) is 23.2 Å². The fourth-order valence-electron chi connectivity index (χ4n) is 3.62. The minimum Gasteiger partial charge on any atom is -0.379 e. The van der Waals surface area contributed by atoms with Gasteiger partial charge >= 0.3 is 0 Å². The number of rotatable bonds is 5. The first-order valence-electron chi connectivity index (χ1n) is 9.39. The number of nitrogens with one attached hydrogen (secondary N) is 1. The number of benzene rings is 1. The molecule has 0 atom stereocenters. The van der Waals surface area contributed by atoms with Crippen LogP contribution in [0.25, 0.3) is 10.9 Å². The Morgan fingerprint density at radius 3 is 2.73 bits per heavy atom. The van der Waals surface area contributed by atoms with Crippen LogP contribution in [0, 0.1) is 0 Å². The van der Waals surface area contributed by atoms with Crippen molar-refractivity contribution in [2.24, 2.45) is 0 Å². The van der Waals surface area contributed by atoms with Crippen molar-refractivity contribution in [3.63, 3.8) is 0 Å². The Balaban J connectivity index is 1.45. The van der Waals surface area contributed by atoms with E-state index in [4.69, 9.17) is 4.74 Å². The van der Waals surface area contributed by atoms with Crippen LogP contribution in [0.4, 0.5) is 5.82 Å². The number of aromatic nitrogens is 2. The highest BCUT2D eigenvalue weighted by molar-refractivity contribution is 6.00. The summed E-state index contributed by atoms with van der Waals surface area (Å²) in [6.45, 7) is 6.94. The molecule has 0 spiro atoms. The second-order valence-corrected chi connectivity index (χ2v) is 6.83. The summed E-state index contributed by atoms with van der Waals surface area (Å²) in [4.78, 5) is 26.0. The van der Waals surface area contributed by atoms with Crippen LogP contribution < -0.4 is 10.2 Å². The first-order valence-corrected chi connectivity index (χ1v) is 9.39. The van der Waals surface area contributed by atoms with Crippen molar-refractivity contribution in [3.8, 4) is 0 Å². The largest absolute Gasteiger partial charge is 0.379 e. The van der Waals surface area contributed by atoms with Crippen molar-refractivity contribution in [2.45, 2.75) is 12.8 Å². The summed E-state index contributed by atoms with van der Waals surface area (Å²) >= 11 is 0. The van der Waals surface area contributed by atoms with Gasteiger partial charge in [0.05, 0.1) is 18.7 Å². The third-order valence-corrected chi connectivity index (χ3v) is 5.10. The molecule has 2 aliphatic rings. The van der Waals surface area contributed by atoms with Gasteiger partial charge in [-0.25, -0.2) is 9.97 Å². The average molecular weight is 355 g/mol. The highest BCUT2D eigenvalue weighted by atomic mass is 16.5. The van der Waals surface area contributed by atoms with E-state index < -0.39 is 0 Å². The summed E-state index contributed by atoms with van der Waals surface area (Å²) in [5.41, 5.74) is 1.54. The van der Waals surface area contributed by atoms with Gasteiger partial charge in [0, 0.05) is 50.2 Å². The minimum absolute atomic E-state index is 0.0450. The van der Waals surface area contributed by atoms with Crippen molar-refractivity contribution >= 4 is 22.6 Å². The number of ether oxygens (including phenoxy) is 1. The molecule has 0 unspecified atom stereocenters. The van der Waals surface area contributed by atoms with Crippen molar-refractivity contribution in [1.82, 2.24) is 20.2 Å². The maximum Gasteiger partial charge on any atom is 0.251 e. The molecule has 0 bridgehead atoms. The van der Waals surface area contributed by atoms with Gasteiger partial charge < -0.3 is 15.0 Å². The summed E-state index contributed by atoms with van der Waals surface area (Å²) in [5, 5.41) is 3.98. The lowest BCUT2D eigenvalue weighted by Gasteiger charge is -2.26. The number of anilines is 1. The molecular weight excluding hydrogens is 330 g/mol. The van der Waals surface area contributed by atoms with Crippen LogP contribution >= 0.6 is 0 Å². The third kappa shape index (κ3) is 3.78. The lowest BCUT2D eigenvalue weighted by Crippen LogP contribution is -2.41. The number of hydrogen-bond acceptors (Lipinski definition) is 6. The summed E-state index contributed by atoms with van der Waals surface area (Å²) in [6.07, 6.45) is 3.98. The van der Waals surface area contributed by atoms with Crippen molar-refractivity contribution in [2.75, 3.05) is 57.4 Å². The maximum atomic E-state index is 12.6. The Bertz CT molecular complexity index is 770. The predicted molar refractivity (Wildman–Crippen MR) is 101 cm³/mol. The number of amides is 1. The number of morpholine rings is 1. The van der Waals surface area contributed by atoms with Gasteiger partial charge in [-0.15, -0.1) is 0 Å². The van der Waals surface area contributed by atoms with E-state index >= 15 is 0 Å². The van der Waals surface area contributed by atoms with Crippen molar-refractivity contribution in [3.05, 3.63) is 30.1 Å². The lowest BCUT2D eigenvalue weighted by atomic mass is 10.1. The van der Waals surface area contributed by atoms with Crippen molar-refractivity contribution in [1.29, 1.82) is 0 Å². The molecule has 0 aliphatic carbocycles. The van der Waals surface area contributed by atoms with Crippen LogP contribution in [0.15, 0.2) is 24.5 Å². The SMILES string of the molecule is O=C(NCCN1CCOCC1)c1ccc2ncnc(N3CCCC3)c2c1. The van der Waals surface area contributed by atoms with Gasteiger partial charge in [-0.05, 0) is 31.0 Å². The zero-order valence-corrected chi connectivity index (χ0v) is 15.0. The molecule has 2 aromatic rings. The summed E-state index contributed by atoms with van der Waals surface area (Å²) in [7, 11) is 0. The molecule has 0 saturated carbocycles. The van der Waals surface area contributed by atoms with Crippen LogP contribution in [0.5, 0.6) is 0 Å². The minimum atomic E-state index is -0.0450. The molecule has 3 heterocycles. The van der Waals surface area contributed by atoms with Gasteiger partial charge in [0.2, 0.25) is 0 Å². The topological polar surface area (TPSA) is 70.6 Å². The summed E-state index contributed by atoms with van der Waals surface area (Å²) in [5.74, 6) is 0.895.